The molecule has 5 rings (SSSR count). The Bertz CT molecular complexity index is 1360. The molecule has 3 aromatic carbocycles. The lowest BCUT2D eigenvalue weighted by Crippen LogP contribution is -2.29. The van der Waals surface area contributed by atoms with Gasteiger partial charge in [0.2, 0.25) is 0 Å². The van der Waals surface area contributed by atoms with E-state index in [9.17, 15) is 14.7 Å². The molecule has 2 heterocycles. The van der Waals surface area contributed by atoms with Gasteiger partial charge in [-0.05, 0) is 66.9 Å². The van der Waals surface area contributed by atoms with Crippen LogP contribution in [-0.4, -0.2) is 22.9 Å². The minimum atomic E-state index is -0.848. The fourth-order valence-corrected chi connectivity index (χ4v) is 5.20. The number of aliphatic hydroxyl groups is 1. The van der Waals surface area contributed by atoms with Crippen molar-refractivity contribution in [1.29, 1.82) is 0 Å². The minimum absolute atomic E-state index is 0.0160. The molecule has 2 unspecified atom stereocenters. The summed E-state index contributed by atoms with van der Waals surface area (Å²) in [6.07, 6.45) is 0.741. The lowest BCUT2D eigenvalue weighted by molar-refractivity contribution is -0.132. The van der Waals surface area contributed by atoms with Crippen LogP contribution in [-0.2, 0) is 16.0 Å². The molecule has 0 radical (unpaired) electrons. The Morgan fingerprint density at radius 1 is 1.03 bits per heavy atom. The molecule has 1 saturated heterocycles. The summed E-state index contributed by atoms with van der Waals surface area (Å²) in [7, 11) is 0. The third-order valence-corrected chi connectivity index (χ3v) is 6.66. The van der Waals surface area contributed by atoms with Crippen LogP contribution in [0.2, 0.25) is 10.0 Å². The van der Waals surface area contributed by atoms with E-state index < -0.39 is 17.7 Å². The van der Waals surface area contributed by atoms with Crippen molar-refractivity contribution in [3.8, 4) is 5.75 Å². The number of hydrogen-bond acceptors (Lipinski definition) is 4. The highest BCUT2D eigenvalue weighted by Gasteiger charge is 2.47. The Morgan fingerprint density at radius 3 is 2.44 bits per heavy atom. The van der Waals surface area contributed by atoms with Gasteiger partial charge in [0.15, 0.2) is 0 Å². The molecule has 0 aromatic heterocycles. The number of rotatable bonds is 3. The number of ketones is 1. The molecule has 0 saturated carbocycles. The summed E-state index contributed by atoms with van der Waals surface area (Å²) < 4.78 is 5.76. The van der Waals surface area contributed by atoms with E-state index >= 15 is 0 Å². The van der Waals surface area contributed by atoms with Crippen molar-refractivity contribution in [3.63, 3.8) is 0 Å². The second kappa shape index (κ2) is 8.49. The van der Waals surface area contributed by atoms with E-state index in [-0.39, 0.29) is 17.4 Å². The largest absolute Gasteiger partial charge is 0.507 e. The van der Waals surface area contributed by atoms with E-state index in [0.717, 1.165) is 22.4 Å². The van der Waals surface area contributed by atoms with Crippen LogP contribution in [0, 0.1) is 6.92 Å². The molecule has 2 atom stereocenters. The van der Waals surface area contributed by atoms with Gasteiger partial charge in [-0.1, -0.05) is 47.5 Å². The Morgan fingerprint density at radius 2 is 1.74 bits per heavy atom. The average molecular weight is 494 g/mol. The number of fused-ring (bicyclic) bond motifs is 1. The topological polar surface area (TPSA) is 66.8 Å². The second-order valence-electron chi connectivity index (χ2n) is 8.61. The molecule has 1 fully saturated rings. The molecule has 1 amide bonds. The fourth-order valence-electron chi connectivity index (χ4n) is 4.69. The monoisotopic (exact) mass is 493 g/mol. The number of hydrogen-bond donors (Lipinski definition) is 1. The van der Waals surface area contributed by atoms with Gasteiger partial charge in [-0.25, -0.2) is 0 Å². The van der Waals surface area contributed by atoms with Crippen molar-refractivity contribution in [3.05, 3.63) is 98.5 Å². The van der Waals surface area contributed by atoms with Crippen molar-refractivity contribution in [2.45, 2.75) is 32.4 Å². The SMILES string of the molecule is Cc1ccccc1C1/C(=C(\O)c2ccc3c(c2)CC(C)O3)C(=O)C(=O)N1c1cc(Cl)cc(Cl)c1. The molecule has 5 nitrogen and oxygen atoms in total. The van der Waals surface area contributed by atoms with Gasteiger partial charge in [-0.3, -0.25) is 14.5 Å². The van der Waals surface area contributed by atoms with Crippen molar-refractivity contribution in [1.82, 2.24) is 0 Å². The number of aliphatic hydroxyl groups excluding tert-OH is 1. The van der Waals surface area contributed by atoms with Crippen molar-refractivity contribution in [2.75, 3.05) is 4.90 Å². The molecule has 0 spiro atoms. The number of carbonyl (C=O) groups is 2. The van der Waals surface area contributed by atoms with Crippen LogP contribution in [0.5, 0.6) is 5.75 Å². The summed E-state index contributed by atoms with van der Waals surface area (Å²) in [4.78, 5) is 28.0. The molecule has 172 valence electrons. The van der Waals surface area contributed by atoms with Gasteiger partial charge in [-0.15, -0.1) is 0 Å². The first-order valence-electron chi connectivity index (χ1n) is 10.9. The maximum absolute atomic E-state index is 13.4. The van der Waals surface area contributed by atoms with Crippen LogP contribution in [0.4, 0.5) is 5.69 Å². The van der Waals surface area contributed by atoms with Crippen LogP contribution in [0.3, 0.4) is 0 Å². The average Bonchev–Trinajstić information content (AvgIpc) is 3.28. The van der Waals surface area contributed by atoms with E-state index in [4.69, 9.17) is 27.9 Å². The predicted molar refractivity (Wildman–Crippen MR) is 133 cm³/mol. The first-order valence-corrected chi connectivity index (χ1v) is 11.6. The Hall–Kier alpha value is -3.28. The number of carbonyl (C=O) groups excluding carboxylic acids is 2. The number of benzene rings is 3. The highest BCUT2D eigenvalue weighted by Crippen LogP contribution is 2.44. The van der Waals surface area contributed by atoms with Gasteiger partial charge >= 0.3 is 0 Å². The number of amides is 1. The smallest absolute Gasteiger partial charge is 0.300 e. The molecule has 1 N–H and O–H groups in total. The summed E-state index contributed by atoms with van der Waals surface area (Å²) >= 11 is 12.4. The quantitative estimate of drug-likeness (QED) is 0.266. The van der Waals surface area contributed by atoms with E-state index in [1.165, 1.54) is 4.90 Å². The zero-order chi connectivity index (χ0) is 24.1. The first-order chi connectivity index (χ1) is 16.2. The lowest BCUT2D eigenvalue weighted by atomic mass is 9.92. The van der Waals surface area contributed by atoms with E-state index in [1.807, 2.05) is 44.2 Å². The summed E-state index contributed by atoms with van der Waals surface area (Å²) in [5, 5.41) is 12.1. The molecule has 7 heteroatoms. The van der Waals surface area contributed by atoms with Gasteiger partial charge in [0.05, 0.1) is 11.6 Å². The number of Topliss-reactive ketones (excluding diaryl/α,β-unsaturated/α-hetero) is 1. The van der Waals surface area contributed by atoms with Gasteiger partial charge in [0, 0.05) is 27.7 Å². The minimum Gasteiger partial charge on any atom is -0.507 e. The zero-order valence-corrected chi connectivity index (χ0v) is 20.0. The number of nitrogens with zero attached hydrogens (tertiary/aromatic N) is 1. The molecule has 3 aromatic rings. The summed E-state index contributed by atoms with van der Waals surface area (Å²) in [5.74, 6) is -1.00. The number of ether oxygens (including phenoxy) is 1. The van der Waals surface area contributed by atoms with Gasteiger partial charge in [0.25, 0.3) is 11.7 Å². The maximum Gasteiger partial charge on any atom is 0.300 e. The highest BCUT2D eigenvalue weighted by atomic mass is 35.5. The predicted octanol–water partition coefficient (Wildman–Crippen LogP) is 6.25. The molecule has 0 bridgehead atoms. The summed E-state index contributed by atoms with van der Waals surface area (Å²) in [6.45, 7) is 3.87. The number of halogens is 2. The first kappa shape index (κ1) is 22.5. The molecule has 2 aliphatic rings. The molecule has 2 aliphatic heterocycles. The van der Waals surface area contributed by atoms with Crippen LogP contribution >= 0.6 is 23.2 Å². The van der Waals surface area contributed by atoms with Crippen molar-refractivity contribution < 1.29 is 19.4 Å². The standard InChI is InChI=1S/C27H21Cl2NO4/c1-14-5-3-4-6-21(14)24-23(25(31)16-7-8-22-17(10-16)9-15(2)34-22)26(32)27(33)30(24)20-12-18(28)11-19(29)13-20/h3-8,10-13,15,24,31H,9H2,1-2H3/b25-23+. The van der Waals surface area contributed by atoms with Crippen LogP contribution in [0.1, 0.15) is 35.2 Å². The molecule has 0 aliphatic carbocycles. The summed E-state index contributed by atoms with van der Waals surface area (Å²) in [6, 6.07) is 16.6. The fraction of sp³-hybridized carbons (Fsp3) is 0.185. The maximum atomic E-state index is 13.4. The zero-order valence-electron chi connectivity index (χ0n) is 18.5. The van der Waals surface area contributed by atoms with Crippen molar-refractivity contribution in [2.24, 2.45) is 0 Å². The number of aryl methyl sites for hydroxylation is 1. The van der Waals surface area contributed by atoms with Crippen LogP contribution < -0.4 is 9.64 Å². The Labute approximate surface area is 207 Å². The molecular weight excluding hydrogens is 473 g/mol. The third kappa shape index (κ3) is 3.75. The highest BCUT2D eigenvalue weighted by molar-refractivity contribution is 6.52. The normalized spacial score (nSPS) is 21.0. The van der Waals surface area contributed by atoms with Gasteiger partial charge in [0.1, 0.15) is 17.6 Å². The summed E-state index contributed by atoms with van der Waals surface area (Å²) in [5.41, 5.74) is 3.38. The van der Waals surface area contributed by atoms with Crippen LogP contribution in [0.15, 0.2) is 66.2 Å². The van der Waals surface area contributed by atoms with E-state index in [2.05, 4.69) is 0 Å². The molecular formula is C27H21Cl2NO4. The Kier molecular flexibility index (Phi) is 5.62. The van der Waals surface area contributed by atoms with Gasteiger partial charge < -0.3 is 9.84 Å². The van der Waals surface area contributed by atoms with E-state index in [0.29, 0.717) is 27.7 Å². The Balaban J connectivity index is 1.73. The lowest BCUT2D eigenvalue weighted by Gasteiger charge is -2.27. The number of anilines is 1. The van der Waals surface area contributed by atoms with Crippen molar-refractivity contribution >= 4 is 46.3 Å². The second-order valence-corrected chi connectivity index (χ2v) is 9.48. The van der Waals surface area contributed by atoms with E-state index in [1.54, 1.807) is 30.3 Å². The third-order valence-electron chi connectivity index (χ3n) is 6.22. The van der Waals surface area contributed by atoms with Crippen LogP contribution in [0.25, 0.3) is 5.76 Å². The molecule has 34 heavy (non-hydrogen) atoms. The van der Waals surface area contributed by atoms with Gasteiger partial charge in [-0.2, -0.15) is 0 Å².